The van der Waals surface area contributed by atoms with Gasteiger partial charge in [-0.2, -0.15) is 0 Å². The molecule has 126 valence electrons. The molecule has 0 unspecified atom stereocenters. The van der Waals surface area contributed by atoms with Crippen molar-refractivity contribution < 1.29 is 18.3 Å². The van der Waals surface area contributed by atoms with Gasteiger partial charge >= 0.3 is 0 Å². The van der Waals surface area contributed by atoms with E-state index in [2.05, 4.69) is 0 Å². The Labute approximate surface area is 140 Å². The van der Waals surface area contributed by atoms with Gasteiger partial charge in [0, 0.05) is 12.5 Å². The molecule has 2 aromatic rings. The minimum absolute atomic E-state index is 0. The smallest absolute Gasteiger partial charge is 0.240 e. The SMILES string of the molecule is COc1ccc([C@@H](N)CC(F)F)cc1OCc1ccccc1.Cl. The minimum atomic E-state index is -2.44. The van der Waals surface area contributed by atoms with E-state index >= 15 is 0 Å². The molecule has 0 aliphatic rings. The molecule has 0 heterocycles. The lowest BCUT2D eigenvalue weighted by molar-refractivity contribution is 0.128. The molecule has 2 rings (SSSR count). The van der Waals surface area contributed by atoms with E-state index < -0.39 is 12.5 Å². The van der Waals surface area contributed by atoms with E-state index in [-0.39, 0.29) is 18.8 Å². The summed E-state index contributed by atoms with van der Waals surface area (Å²) in [4.78, 5) is 0. The van der Waals surface area contributed by atoms with E-state index in [4.69, 9.17) is 15.2 Å². The van der Waals surface area contributed by atoms with E-state index in [1.54, 1.807) is 18.2 Å². The first-order valence-corrected chi connectivity index (χ1v) is 6.98. The van der Waals surface area contributed by atoms with E-state index in [1.807, 2.05) is 30.3 Å². The quantitative estimate of drug-likeness (QED) is 0.812. The van der Waals surface area contributed by atoms with Crippen molar-refractivity contribution in [3.63, 3.8) is 0 Å². The maximum Gasteiger partial charge on any atom is 0.240 e. The molecule has 0 saturated carbocycles. The summed E-state index contributed by atoms with van der Waals surface area (Å²) < 4.78 is 35.9. The lowest BCUT2D eigenvalue weighted by Crippen LogP contribution is -2.14. The molecule has 0 aromatic heterocycles. The number of hydrogen-bond donors (Lipinski definition) is 1. The molecule has 2 aromatic carbocycles. The van der Waals surface area contributed by atoms with Crippen LogP contribution in [0.4, 0.5) is 8.78 Å². The van der Waals surface area contributed by atoms with Gasteiger partial charge < -0.3 is 15.2 Å². The molecular formula is C17H20ClF2NO2. The van der Waals surface area contributed by atoms with Crippen LogP contribution in [0.1, 0.15) is 23.6 Å². The van der Waals surface area contributed by atoms with Crippen molar-refractivity contribution >= 4 is 12.4 Å². The average Bonchev–Trinajstić information content (AvgIpc) is 2.53. The lowest BCUT2D eigenvalue weighted by Gasteiger charge is -2.16. The Balaban J connectivity index is 0.00000264. The first-order chi connectivity index (χ1) is 10.6. The van der Waals surface area contributed by atoms with Gasteiger partial charge in [0.15, 0.2) is 11.5 Å². The Morgan fingerprint density at radius 3 is 2.35 bits per heavy atom. The van der Waals surface area contributed by atoms with E-state index in [0.29, 0.717) is 23.7 Å². The van der Waals surface area contributed by atoms with Crippen LogP contribution in [0.25, 0.3) is 0 Å². The van der Waals surface area contributed by atoms with E-state index in [1.165, 1.54) is 7.11 Å². The van der Waals surface area contributed by atoms with Crippen LogP contribution in [0, 0.1) is 0 Å². The Morgan fingerprint density at radius 2 is 1.74 bits per heavy atom. The van der Waals surface area contributed by atoms with Crippen LogP contribution in [0.3, 0.4) is 0 Å². The maximum absolute atomic E-state index is 12.5. The van der Waals surface area contributed by atoms with Crippen LogP contribution >= 0.6 is 12.4 Å². The van der Waals surface area contributed by atoms with Crippen molar-refractivity contribution in [1.82, 2.24) is 0 Å². The van der Waals surface area contributed by atoms with Crippen molar-refractivity contribution in [3.05, 3.63) is 59.7 Å². The van der Waals surface area contributed by atoms with Crippen molar-refractivity contribution in [3.8, 4) is 11.5 Å². The highest BCUT2D eigenvalue weighted by Crippen LogP contribution is 2.31. The highest BCUT2D eigenvalue weighted by atomic mass is 35.5. The summed E-state index contributed by atoms with van der Waals surface area (Å²) in [6.45, 7) is 0.366. The Bertz CT molecular complexity index is 596. The zero-order chi connectivity index (χ0) is 15.9. The standard InChI is InChI=1S/C17H19F2NO2.ClH/c1-21-15-8-7-13(14(20)10-17(18)19)9-16(15)22-11-12-5-3-2-4-6-12;/h2-9,14,17H,10-11,20H2,1H3;1H/t14-;/m0./s1. The third-order valence-electron chi connectivity index (χ3n) is 3.29. The van der Waals surface area contributed by atoms with Gasteiger partial charge in [-0.15, -0.1) is 12.4 Å². The average molecular weight is 344 g/mol. The van der Waals surface area contributed by atoms with E-state index in [0.717, 1.165) is 5.56 Å². The van der Waals surface area contributed by atoms with Crippen molar-refractivity contribution in [2.75, 3.05) is 7.11 Å². The Hall–Kier alpha value is -1.85. The third-order valence-corrected chi connectivity index (χ3v) is 3.29. The van der Waals surface area contributed by atoms with Crippen LogP contribution in [0.15, 0.2) is 48.5 Å². The number of alkyl halides is 2. The molecule has 3 nitrogen and oxygen atoms in total. The summed E-state index contributed by atoms with van der Waals surface area (Å²) in [5, 5.41) is 0. The number of methoxy groups -OCH3 is 1. The van der Waals surface area contributed by atoms with Gasteiger partial charge in [-0.1, -0.05) is 36.4 Å². The minimum Gasteiger partial charge on any atom is -0.493 e. The monoisotopic (exact) mass is 343 g/mol. The second kappa shape index (κ2) is 9.33. The van der Waals surface area contributed by atoms with Gasteiger partial charge in [0.05, 0.1) is 7.11 Å². The van der Waals surface area contributed by atoms with Gasteiger partial charge in [-0.05, 0) is 23.3 Å². The summed E-state index contributed by atoms with van der Waals surface area (Å²) in [7, 11) is 1.53. The molecule has 0 fully saturated rings. The third kappa shape index (κ3) is 5.69. The second-order valence-electron chi connectivity index (χ2n) is 4.92. The molecular weight excluding hydrogens is 324 g/mol. The van der Waals surface area contributed by atoms with E-state index in [9.17, 15) is 8.78 Å². The number of benzene rings is 2. The van der Waals surface area contributed by atoms with Gasteiger partial charge in [0.2, 0.25) is 6.43 Å². The predicted molar refractivity (Wildman–Crippen MR) is 88.6 cm³/mol. The molecule has 2 N–H and O–H groups in total. The maximum atomic E-state index is 12.5. The summed E-state index contributed by atoms with van der Waals surface area (Å²) in [6.07, 6.45) is -2.82. The fourth-order valence-corrected chi connectivity index (χ4v) is 2.10. The number of nitrogens with two attached hydrogens (primary N) is 1. The number of halogens is 3. The number of rotatable bonds is 7. The van der Waals surface area contributed by atoms with Gasteiger partial charge in [0.25, 0.3) is 0 Å². The molecule has 6 heteroatoms. The largest absolute Gasteiger partial charge is 0.493 e. The molecule has 23 heavy (non-hydrogen) atoms. The van der Waals surface area contributed by atoms with Crippen LogP contribution in [0.5, 0.6) is 11.5 Å². The molecule has 0 saturated heterocycles. The molecule has 0 amide bonds. The topological polar surface area (TPSA) is 44.5 Å². The summed E-state index contributed by atoms with van der Waals surface area (Å²) >= 11 is 0. The zero-order valence-electron chi connectivity index (χ0n) is 12.7. The Kier molecular flexibility index (Phi) is 7.78. The summed E-state index contributed by atoms with van der Waals surface area (Å²) in [5.41, 5.74) is 7.39. The van der Waals surface area contributed by atoms with Gasteiger partial charge in [0.1, 0.15) is 6.61 Å². The molecule has 0 aliphatic heterocycles. The van der Waals surface area contributed by atoms with Crippen LogP contribution in [-0.2, 0) is 6.61 Å². The number of ether oxygens (including phenoxy) is 2. The van der Waals surface area contributed by atoms with Crippen LogP contribution in [-0.4, -0.2) is 13.5 Å². The Morgan fingerprint density at radius 1 is 1.04 bits per heavy atom. The number of hydrogen-bond acceptors (Lipinski definition) is 3. The fraction of sp³-hybridized carbons (Fsp3) is 0.294. The summed E-state index contributed by atoms with van der Waals surface area (Å²) in [6, 6.07) is 13.9. The predicted octanol–water partition coefficient (Wildman–Crippen LogP) is 4.35. The van der Waals surface area contributed by atoms with Crippen molar-refractivity contribution in [2.24, 2.45) is 5.73 Å². The highest BCUT2D eigenvalue weighted by molar-refractivity contribution is 5.85. The molecule has 1 atom stereocenters. The zero-order valence-corrected chi connectivity index (χ0v) is 13.6. The van der Waals surface area contributed by atoms with Crippen LogP contribution in [0.2, 0.25) is 0 Å². The fourth-order valence-electron chi connectivity index (χ4n) is 2.10. The normalized spacial score (nSPS) is 11.7. The van der Waals surface area contributed by atoms with Crippen molar-refractivity contribution in [2.45, 2.75) is 25.5 Å². The summed E-state index contributed by atoms with van der Waals surface area (Å²) in [5.74, 6) is 1.04. The first-order valence-electron chi connectivity index (χ1n) is 6.98. The van der Waals surface area contributed by atoms with Crippen LogP contribution < -0.4 is 15.2 Å². The van der Waals surface area contributed by atoms with Crippen molar-refractivity contribution in [1.29, 1.82) is 0 Å². The second-order valence-corrected chi connectivity index (χ2v) is 4.92. The van der Waals surface area contributed by atoms with Gasteiger partial charge in [-0.25, -0.2) is 8.78 Å². The molecule has 0 radical (unpaired) electrons. The lowest BCUT2D eigenvalue weighted by atomic mass is 10.0. The molecule has 0 spiro atoms. The molecule has 0 bridgehead atoms. The highest BCUT2D eigenvalue weighted by Gasteiger charge is 2.15. The first kappa shape index (κ1) is 19.2. The molecule has 0 aliphatic carbocycles. The van der Waals surface area contributed by atoms with Gasteiger partial charge in [-0.3, -0.25) is 0 Å².